The number of aromatic amines is 1. The number of benzene rings is 2. The largest absolute Gasteiger partial charge is 0.477 e. The van der Waals surface area contributed by atoms with E-state index in [1.807, 2.05) is 30.3 Å². The van der Waals surface area contributed by atoms with Crippen molar-refractivity contribution in [2.75, 3.05) is 0 Å². The predicted octanol–water partition coefficient (Wildman–Crippen LogP) is 2.38. The van der Waals surface area contributed by atoms with Crippen LogP contribution >= 0.6 is 11.6 Å². The van der Waals surface area contributed by atoms with Crippen molar-refractivity contribution in [2.24, 2.45) is 0 Å². The van der Waals surface area contributed by atoms with E-state index in [0.717, 1.165) is 5.56 Å². The summed E-state index contributed by atoms with van der Waals surface area (Å²) in [6.07, 6.45) is 2.80. The summed E-state index contributed by atoms with van der Waals surface area (Å²) in [6.45, 7) is 0.0519. The van der Waals surface area contributed by atoms with E-state index in [1.165, 1.54) is 23.4 Å². The van der Waals surface area contributed by atoms with Crippen LogP contribution in [0.4, 0.5) is 0 Å². The van der Waals surface area contributed by atoms with Crippen LogP contribution in [-0.4, -0.2) is 36.7 Å². The molecule has 0 bridgehead atoms. The molecule has 2 aromatic heterocycles. The Kier molecular flexibility index (Phi) is 5.50. The van der Waals surface area contributed by atoms with E-state index in [4.69, 9.17) is 11.6 Å². The maximum atomic E-state index is 13.1. The zero-order valence-electron chi connectivity index (χ0n) is 15.9. The van der Waals surface area contributed by atoms with Gasteiger partial charge in [-0.1, -0.05) is 41.9 Å². The molecule has 0 aliphatic heterocycles. The van der Waals surface area contributed by atoms with E-state index < -0.39 is 17.6 Å². The van der Waals surface area contributed by atoms with Crippen molar-refractivity contribution in [3.8, 4) is 0 Å². The third-order valence-electron chi connectivity index (χ3n) is 4.75. The Morgan fingerprint density at radius 2 is 1.97 bits per heavy atom. The molecule has 0 saturated heterocycles. The van der Waals surface area contributed by atoms with Gasteiger partial charge in [-0.25, -0.2) is 14.5 Å². The molecule has 0 aliphatic rings. The lowest BCUT2D eigenvalue weighted by Crippen LogP contribution is -2.33. The number of amides is 1. The zero-order valence-corrected chi connectivity index (χ0v) is 16.7. The van der Waals surface area contributed by atoms with Gasteiger partial charge >= 0.3 is 5.97 Å². The minimum atomic E-state index is -1.34. The number of H-pyrrole nitrogens is 1. The first kappa shape index (κ1) is 20.3. The monoisotopic (exact) mass is 437 g/mol. The standard InChI is InChI=1S/C21H16ClN5O4/c22-15-6-13-8-16(21(30)31)19(28)26-17(13)14(7-15)9-24-20(29)18(27-11-23-10-25-27)12-4-2-1-3-5-12/h1-8,10-11,18H,9H2,(H,24,29)(H,26,28)(H,30,31). The van der Waals surface area contributed by atoms with E-state index in [1.54, 1.807) is 12.1 Å². The lowest BCUT2D eigenvalue weighted by molar-refractivity contribution is -0.123. The molecule has 0 fully saturated rings. The van der Waals surface area contributed by atoms with Crippen molar-refractivity contribution in [2.45, 2.75) is 12.6 Å². The average Bonchev–Trinajstić information content (AvgIpc) is 3.27. The number of halogens is 1. The van der Waals surface area contributed by atoms with Gasteiger partial charge in [0.1, 0.15) is 18.2 Å². The van der Waals surface area contributed by atoms with Crippen LogP contribution in [-0.2, 0) is 11.3 Å². The highest BCUT2D eigenvalue weighted by Crippen LogP contribution is 2.23. The van der Waals surface area contributed by atoms with E-state index in [0.29, 0.717) is 21.5 Å². The van der Waals surface area contributed by atoms with Gasteiger partial charge in [-0.2, -0.15) is 5.10 Å². The molecule has 1 unspecified atom stereocenters. The number of nitrogens with zero attached hydrogens (tertiary/aromatic N) is 3. The predicted molar refractivity (Wildman–Crippen MR) is 113 cm³/mol. The van der Waals surface area contributed by atoms with Gasteiger partial charge in [0.15, 0.2) is 6.04 Å². The molecule has 2 heterocycles. The molecule has 0 saturated carbocycles. The van der Waals surface area contributed by atoms with Crippen LogP contribution in [0.3, 0.4) is 0 Å². The highest BCUT2D eigenvalue weighted by atomic mass is 35.5. The maximum absolute atomic E-state index is 13.1. The molecule has 2 aromatic carbocycles. The molecule has 3 N–H and O–H groups in total. The van der Waals surface area contributed by atoms with Crippen molar-refractivity contribution in [1.82, 2.24) is 25.1 Å². The van der Waals surface area contributed by atoms with Crippen LogP contribution in [0.25, 0.3) is 10.9 Å². The first-order chi connectivity index (χ1) is 14.9. The van der Waals surface area contributed by atoms with Crippen LogP contribution in [0.2, 0.25) is 5.02 Å². The second kappa shape index (κ2) is 8.41. The Morgan fingerprint density at radius 3 is 2.65 bits per heavy atom. The molecular formula is C21H16ClN5O4. The molecule has 1 amide bonds. The summed E-state index contributed by atoms with van der Waals surface area (Å²) in [4.78, 5) is 42.9. The molecule has 156 valence electrons. The van der Waals surface area contributed by atoms with Gasteiger partial charge in [0.25, 0.3) is 5.56 Å². The average molecular weight is 438 g/mol. The molecule has 10 heteroatoms. The Balaban J connectivity index is 1.66. The summed E-state index contributed by atoms with van der Waals surface area (Å²) in [5.41, 5.74) is 0.535. The van der Waals surface area contributed by atoms with Crippen LogP contribution in [0.15, 0.2) is 66.0 Å². The van der Waals surface area contributed by atoms with Gasteiger partial charge in [-0.05, 0) is 29.3 Å². The fraction of sp³-hybridized carbons (Fsp3) is 0.0952. The number of carbonyl (C=O) groups is 2. The minimum Gasteiger partial charge on any atom is -0.477 e. The van der Waals surface area contributed by atoms with Crippen molar-refractivity contribution in [1.29, 1.82) is 0 Å². The topological polar surface area (TPSA) is 130 Å². The number of hydrogen-bond acceptors (Lipinski definition) is 5. The smallest absolute Gasteiger partial charge is 0.341 e. The summed E-state index contributed by atoms with van der Waals surface area (Å²) < 4.78 is 1.45. The summed E-state index contributed by atoms with van der Waals surface area (Å²) in [7, 11) is 0. The molecule has 0 spiro atoms. The minimum absolute atomic E-state index is 0.0519. The number of nitrogens with one attached hydrogen (secondary N) is 2. The van der Waals surface area contributed by atoms with E-state index in [2.05, 4.69) is 20.4 Å². The number of fused-ring (bicyclic) bond motifs is 1. The van der Waals surface area contributed by atoms with E-state index >= 15 is 0 Å². The number of pyridine rings is 1. The lowest BCUT2D eigenvalue weighted by atomic mass is 10.1. The Labute approximate surface area is 180 Å². The molecular weight excluding hydrogens is 422 g/mol. The van der Waals surface area contributed by atoms with Gasteiger partial charge in [0.2, 0.25) is 5.91 Å². The molecule has 1 atom stereocenters. The molecule has 9 nitrogen and oxygen atoms in total. The maximum Gasteiger partial charge on any atom is 0.341 e. The van der Waals surface area contributed by atoms with Crippen LogP contribution in [0.5, 0.6) is 0 Å². The number of carbonyl (C=O) groups excluding carboxylic acids is 1. The van der Waals surface area contributed by atoms with Gasteiger partial charge in [0.05, 0.1) is 5.52 Å². The Morgan fingerprint density at radius 1 is 1.19 bits per heavy atom. The zero-order chi connectivity index (χ0) is 22.0. The second-order valence-electron chi connectivity index (χ2n) is 6.75. The van der Waals surface area contributed by atoms with E-state index in [-0.39, 0.29) is 18.0 Å². The Hall–Kier alpha value is -3.98. The van der Waals surface area contributed by atoms with Crippen molar-refractivity contribution >= 4 is 34.4 Å². The summed E-state index contributed by atoms with van der Waals surface area (Å²) >= 11 is 6.18. The normalized spacial score (nSPS) is 11.9. The van der Waals surface area contributed by atoms with Crippen LogP contribution in [0.1, 0.15) is 27.5 Å². The number of carboxylic acid groups (broad SMARTS) is 1. The highest BCUT2D eigenvalue weighted by Gasteiger charge is 2.23. The van der Waals surface area contributed by atoms with Gasteiger partial charge in [-0.15, -0.1) is 0 Å². The first-order valence-corrected chi connectivity index (χ1v) is 9.57. The van der Waals surface area contributed by atoms with Gasteiger partial charge in [0, 0.05) is 17.0 Å². The lowest BCUT2D eigenvalue weighted by Gasteiger charge is -2.18. The number of hydrogen-bond donors (Lipinski definition) is 3. The number of carboxylic acids is 1. The summed E-state index contributed by atoms with van der Waals surface area (Å²) in [5.74, 6) is -1.68. The number of rotatable bonds is 6. The van der Waals surface area contributed by atoms with Crippen molar-refractivity contribution < 1.29 is 14.7 Å². The quantitative estimate of drug-likeness (QED) is 0.424. The van der Waals surface area contributed by atoms with Crippen LogP contribution in [0, 0.1) is 0 Å². The third-order valence-corrected chi connectivity index (χ3v) is 4.96. The van der Waals surface area contributed by atoms with Crippen molar-refractivity contribution in [3.63, 3.8) is 0 Å². The summed E-state index contributed by atoms with van der Waals surface area (Å²) in [6, 6.07) is 12.8. The fourth-order valence-electron chi connectivity index (χ4n) is 3.34. The molecule has 4 rings (SSSR count). The molecule has 0 radical (unpaired) electrons. The second-order valence-corrected chi connectivity index (χ2v) is 7.19. The number of aromatic carboxylic acids is 1. The SMILES string of the molecule is O=C(O)c1cc2cc(Cl)cc(CNC(=O)C(c3ccccc3)n3cncn3)c2[nH]c1=O. The van der Waals surface area contributed by atoms with Gasteiger partial charge < -0.3 is 15.4 Å². The van der Waals surface area contributed by atoms with E-state index in [9.17, 15) is 19.5 Å². The van der Waals surface area contributed by atoms with Crippen molar-refractivity contribution in [3.05, 3.63) is 93.3 Å². The number of aromatic nitrogens is 4. The van der Waals surface area contributed by atoms with Gasteiger partial charge in [-0.3, -0.25) is 9.59 Å². The molecule has 4 aromatic rings. The molecule has 0 aliphatic carbocycles. The third kappa shape index (κ3) is 4.17. The summed E-state index contributed by atoms with van der Waals surface area (Å²) in [5, 5.41) is 16.9. The van der Waals surface area contributed by atoms with Crippen LogP contribution < -0.4 is 10.9 Å². The first-order valence-electron chi connectivity index (χ1n) is 9.19. The highest BCUT2D eigenvalue weighted by molar-refractivity contribution is 6.31. The fourth-order valence-corrected chi connectivity index (χ4v) is 3.59. The Bertz CT molecular complexity index is 1320. The molecule has 31 heavy (non-hydrogen) atoms.